The van der Waals surface area contributed by atoms with Crippen LogP contribution in [0.5, 0.6) is 0 Å². The first-order chi connectivity index (χ1) is 6.68. The van der Waals surface area contributed by atoms with Gasteiger partial charge in [0, 0.05) is 23.7 Å². The van der Waals surface area contributed by atoms with Gasteiger partial charge in [0.25, 0.3) is 0 Å². The third-order valence-electron chi connectivity index (χ3n) is 2.88. The fraction of sp³-hybridized carbons (Fsp3) is 0.750. The molecule has 2 rings (SSSR count). The Balaban J connectivity index is 2.08. The van der Waals surface area contributed by atoms with Crippen LogP contribution in [0, 0.1) is 19.0 Å². The second-order valence-electron chi connectivity index (χ2n) is 4.80. The highest BCUT2D eigenvalue weighted by Gasteiger charge is 2.28. The van der Waals surface area contributed by atoms with Crippen molar-refractivity contribution in [2.75, 3.05) is 0 Å². The second-order valence-corrected chi connectivity index (χ2v) is 4.80. The molecule has 0 amide bonds. The van der Waals surface area contributed by atoms with Gasteiger partial charge in [-0.05, 0) is 32.1 Å². The zero-order chi connectivity index (χ0) is 10.1. The number of aromatic nitrogens is 2. The molecule has 1 aliphatic rings. The lowest BCUT2D eigenvalue weighted by molar-refractivity contribution is 0.475. The fourth-order valence-electron chi connectivity index (χ4n) is 1.86. The molecule has 0 unspecified atom stereocenters. The average molecular weight is 191 g/mol. The van der Waals surface area contributed by atoms with E-state index >= 15 is 0 Å². The number of aryl methyl sites for hydroxylation is 2. The van der Waals surface area contributed by atoms with Crippen LogP contribution in [0.1, 0.15) is 50.3 Å². The Morgan fingerprint density at radius 3 is 2.79 bits per heavy atom. The molecule has 0 saturated heterocycles. The molecule has 1 aromatic heterocycles. The zero-order valence-corrected chi connectivity index (χ0v) is 9.38. The minimum atomic E-state index is 0.756. The van der Waals surface area contributed by atoms with Crippen LogP contribution in [-0.4, -0.2) is 9.78 Å². The van der Waals surface area contributed by atoms with E-state index in [2.05, 4.69) is 36.7 Å². The van der Waals surface area contributed by atoms with Crippen molar-refractivity contribution < 1.29 is 0 Å². The summed E-state index contributed by atoms with van der Waals surface area (Å²) in [5.74, 6) is 1.55. The highest BCUT2D eigenvalue weighted by molar-refractivity contribution is 5.23. The van der Waals surface area contributed by atoms with E-state index in [0.717, 1.165) is 18.4 Å². The van der Waals surface area contributed by atoms with E-state index in [1.54, 1.807) is 0 Å². The van der Waals surface area contributed by atoms with E-state index in [4.69, 9.17) is 0 Å². The zero-order valence-electron chi connectivity index (χ0n) is 9.38. The van der Waals surface area contributed by atoms with E-state index in [1.165, 1.54) is 30.5 Å². The number of rotatable bonds is 4. The lowest BCUT2D eigenvalue weighted by atomic mass is 10.1. The molecule has 1 heterocycles. The average Bonchev–Trinajstić information content (AvgIpc) is 2.88. The maximum Gasteiger partial charge on any atom is 0.116 e. The third-order valence-corrected chi connectivity index (χ3v) is 2.88. The van der Waals surface area contributed by atoms with Crippen LogP contribution in [0.4, 0.5) is 0 Å². The fourth-order valence-corrected chi connectivity index (χ4v) is 1.86. The van der Waals surface area contributed by atoms with E-state index in [9.17, 15) is 0 Å². The molecular weight excluding hydrogens is 172 g/mol. The molecule has 1 saturated carbocycles. The molecule has 1 fully saturated rings. The molecule has 1 radical (unpaired) electrons. The standard InChI is InChI=1S/C12H19N2/c1-9(2)6-7-14-12(11-4-5-11)10(3)8-13-14/h9,11H,4-7H2,1-3H3. The molecule has 0 aromatic carbocycles. The Morgan fingerprint density at radius 2 is 2.21 bits per heavy atom. The molecule has 0 bridgehead atoms. The SMILES string of the molecule is Cc1[c]nn(CCC(C)C)c1C1CC1. The van der Waals surface area contributed by atoms with Crippen LogP contribution in [-0.2, 0) is 6.54 Å². The topological polar surface area (TPSA) is 17.8 Å². The first kappa shape index (κ1) is 9.75. The van der Waals surface area contributed by atoms with Crippen molar-refractivity contribution in [3.05, 3.63) is 17.5 Å². The van der Waals surface area contributed by atoms with Crippen LogP contribution in [0.2, 0.25) is 0 Å². The molecule has 1 aromatic rings. The molecule has 0 N–H and O–H groups in total. The largest absolute Gasteiger partial charge is 0.268 e. The second kappa shape index (κ2) is 3.76. The Morgan fingerprint density at radius 1 is 1.50 bits per heavy atom. The molecule has 2 heteroatoms. The van der Waals surface area contributed by atoms with Crippen molar-refractivity contribution in [1.82, 2.24) is 9.78 Å². The van der Waals surface area contributed by atoms with Gasteiger partial charge in [-0.3, -0.25) is 4.68 Å². The van der Waals surface area contributed by atoms with Gasteiger partial charge in [-0.2, -0.15) is 5.10 Å². The van der Waals surface area contributed by atoms with Gasteiger partial charge in [-0.1, -0.05) is 13.8 Å². The Bertz CT molecular complexity index is 308. The normalized spacial score (nSPS) is 16.6. The van der Waals surface area contributed by atoms with Crippen molar-refractivity contribution in [3.8, 4) is 0 Å². The molecule has 1 aliphatic carbocycles. The quantitative estimate of drug-likeness (QED) is 0.715. The predicted molar refractivity (Wildman–Crippen MR) is 57.2 cm³/mol. The van der Waals surface area contributed by atoms with Crippen LogP contribution in [0.25, 0.3) is 0 Å². The minimum absolute atomic E-state index is 0.756. The first-order valence-electron chi connectivity index (χ1n) is 5.63. The van der Waals surface area contributed by atoms with Gasteiger partial charge in [-0.15, -0.1) is 0 Å². The van der Waals surface area contributed by atoms with Crippen molar-refractivity contribution in [3.63, 3.8) is 0 Å². The maximum atomic E-state index is 4.34. The van der Waals surface area contributed by atoms with E-state index < -0.39 is 0 Å². The number of hydrogen-bond donors (Lipinski definition) is 0. The molecule has 0 atom stereocenters. The van der Waals surface area contributed by atoms with E-state index in [1.807, 2.05) is 0 Å². The molecule has 77 valence electrons. The predicted octanol–water partition coefficient (Wildman–Crippen LogP) is 2.92. The Labute approximate surface area is 86.3 Å². The van der Waals surface area contributed by atoms with Crippen LogP contribution >= 0.6 is 0 Å². The Hall–Kier alpha value is -0.790. The summed E-state index contributed by atoms with van der Waals surface area (Å²) in [5, 5.41) is 4.34. The van der Waals surface area contributed by atoms with Gasteiger partial charge in [0.15, 0.2) is 0 Å². The summed E-state index contributed by atoms with van der Waals surface area (Å²) >= 11 is 0. The summed E-state index contributed by atoms with van der Waals surface area (Å²) in [4.78, 5) is 0. The van der Waals surface area contributed by atoms with E-state index in [-0.39, 0.29) is 0 Å². The smallest absolute Gasteiger partial charge is 0.116 e. The molecular formula is C12H19N2. The maximum absolute atomic E-state index is 4.34. The van der Waals surface area contributed by atoms with Crippen molar-refractivity contribution in [1.29, 1.82) is 0 Å². The number of hydrogen-bond acceptors (Lipinski definition) is 1. The lowest BCUT2D eigenvalue weighted by Gasteiger charge is -2.09. The van der Waals surface area contributed by atoms with Gasteiger partial charge in [0.05, 0.1) is 0 Å². The first-order valence-corrected chi connectivity index (χ1v) is 5.63. The monoisotopic (exact) mass is 191 g/mol. The van der Waals surface area contributed by atoms with Crippen LogP contribution < -0.4 is 0 Å². The lowest BCUT2D eigenvalue weighted by Crippen LogP contribution is -2.07. The Kier molecular flexibility index (Phi) is 2.62. The molecule has 2 nitrogen and oxygen atoms in total. The summed E-state index contributed by atoms with van der Waals surface area (Å²) in [6.07, 6.45) is 7.01. The van der Waals surface area contributed by atoms with Gasteiger partial charge >= 0.3 is 0 Å². The summed E-state index contributed by atoms with van der Waals surface area (Å²) in [5.41, 5.74) is 2.71. The summed E-state index contributed by atoms with van der Waals surface area (Å²) < 4.78 is 2.17. The highest BCUT2D eigenvalue weighted by atomic mass is 15.3. The van der Waals surface area contributed by atoms with Crippen molar-refractivity contribution in [2.45, 2.75) is 52.5 Å². The summed E-state index contributed by atoms with van der Waals surface area (Å²) in [6.45, 7) is 7.72. The highest BCUT2D eigenvalue weighted by Crippen LogP contribution is 2.41. The van der Waals surface area contributed by atoms with Crippen molar-refractivity contribution in [2.24, 2.45) is 5.92 Å². The van der Waals surface area contributed by atoms with Gasteiger partial charge < -0.3 is 0 Å². The van der Waals surface area contributed by atoms with E-state index in [0.29, 0.717) is 0 Å². The van der Waals surface area contributed by atoms with Crippen LogP contribution in [0.15, 0.2) is 0 Å². The summed E-state index contributed by atoms with van der Waals surface area (Å²) in [7, 11) is 0. The van der Waals surface area contributed by atoms with Gasteiger partial charge in [-0.25, -0.2) is 0 Å². The molecule has 0 aliphatic heterocycles. The summed E-state index contributed by atoms with van der Waals surface area (Å²) in [6, 6.07) is 0. The van der Waals surface area contributed by atoms with Gasteiger partial charge in [0.1, 0.15) is 6.20 Å². The molecule has 14 heavy (non-hydrogen) atoms. The third kappa shape index (κ3) is 1.99. The van der Waals surface area contributed by atoms with Gasteiger partial charge in [0.2, 0.25) is 0 Å². The minimum Gasteiger partial charge on any atom is -0.268 e. The molecule has 0 spiro atoms. The van der Waals surface area contributed by atoms with Crippen molar-refractivity contribution >= 4 is 0 Å². The van der Waals surface area contributed by atoms with Crippen LogP contribution in [0.3, 0.4) is 0 Å². The number of nitrogens with zero attached hydrogens (tertiary/aromatic N) is 2.